The van der Waals surface area contributed by atoms with Crippen LogP contribution in [0.3, 0.4) is 0 Å². The van der Waals surface area contributed by atoms with Crippen molar-refractivity contribution in [3.63, 3.8) is 0 Å². The molecule has 76 valence electrons. The predicted molar refractivity (Wildman–Crippen MR) is 66.5 cm³/mol. The van der Waals surface area contributed by atoms with Gasteiger partial charge in [0.05, 0.1) is 0 Å². The Kier molecular flexibility index (Phi) is 3.58. The van der Waals surface area contributed by atoms with E-state index in [-0.39, 0.29) is 0 Å². The van der Waals surface area contributed by atoms with Crippen LogP contribution >= 0.6 is 22.9 Å². The number of rotatable bonds is 2. The lowest BCUT2D eigenvalue weighted by Crippen LogP contribution is -2.34. The number of nitrogens with zero attached hydrogens (tertiary/aromatic N) is 2. The average Bonchev–Trinajstić information content (AvgIpc) is 2.23. The van der Waals surface area contributed by atoms with Crippen LogP contribution in [0.4, 0.5) is 5.82 Å². The third-order valence-electron chi connectivity index (χ3n) is 2.46. The third kappa shape index (κ3) is 2.81. The molecule has 1 fully saturated rings. The summed E-state index contributed by atoms with van der Waals surface area (Å²) in [5.74, 6) is 0.999. The first-order valence-corrected chi connectivity index (χ1v) is 5.89. The third-order valence-corrected chi connectivity index (χ3v) is 3.42. The number of halogens is 1. The fraction of sp³-hybridized carbons (Fsp3) is 0.500. The van der Waals surface area contributed by atoms with Gasteiger partial charge in [0.25, 0.3) is 0 Å². The van der Waals surface area contributed by atoms with Gasteiger partial charge in [0.1, 0.15) is 5.82 Å². The summed E-state index contributed by atoms with van der Waals surface area (Å²) >= 11 is 2.39. The molecule has 0 saturated carbocycles. The molecule has 2 rings (SSSR count). The van der Waals surface area contributed by atoms with E-state index >= 15 is 0 Å². The van der Waals surface area contributed by atoms with E-state index in [4.69, 9.17) is 0 Å². The number of hydrogen-bond donors (Lipinski definition) is 1. The molecule has 0 spiro atoms. The molecule has 2 heterocycles. The van der Waals surface area contributed by atoms with Crippen molar-refractivity contribution in [1.82, 2.24) is 8.10 Å². The molecule has 14 heavy (non-hydrogen) atoms. The summed E-state index contributed by atoms with van der Waals surface area (Å²) in [5.41, 5.74) is 0. The summed E-state index contributed by atoms with van der Waals surface area (Å²) in [6.07, 6.45) is 4.24. The molecule has 3 nitrogen and oxygen atoms in total. The fourth-order valence-corrected chi connectivity index (χ4v) is 2.21. The standard InChI is InChI=1S/C10H14IN3/c11-14-7-4-9(5-8-14)13-10-3-1-2-6-12-10/h1-3,6,9H,4-5,7-8H2,(H,12,13). The van der Waals surface area contributed by atoms with Gasteiger partial charge in [0.15, 0.2) is 0 Å². The van der Waals surface area contributed by atoms with Gasteiger partial charge in [-0.05, 0) is 25.0 Å². The molecular weight excluding hydrogens is 289 g/mol. The summed E-state index contributed by atoms with van der Waals surface area (Å²) in [6, 6.07) is 6.58. The van der Waals surface area contributed by atoms with E-state index in [0.717, 1.165) is 5.82 Å². The largest absolute Gasteiger partial charge is 0.367 e. The quantitative estimate of drug-likeness (QED) is 0.671. The van der Waals surface area contributed by atoms with Gasteiger partial charge in [-0.25, -0.2) is 8.10 Å². The first-order valence-electron chi connectivity index (χ1n) is 4.93. The Morgan fingerprint density at radius 3 is 2.79 bits per heavy atom. The van der Waals surface area contributed by atoms with Crippen molar-refractivity contribution in [1.29, 1.82) is 0 Å². The van der Waals surface area contributed by atoms with Crippen molar-refractivity contribution in [3.05, 3.63) is 24.4 Å². The second-order valence-electron chi connectivity index (χ2n) is 3.54. The molecule has 4 heteroatoms. The summed E-state index contributed by atoms with van der Waals surface area (Å²) in [6.45, 7) is 2.34. The summed E-state index contributed by atoms with van der Waals surface area (Å²) in [5, 5.41) is 3.46. The van der Waals surface area contributed by atoms with Gasteiger partial charge in [-0.1, -0.05) is 6.07 Å². The number of pyridine rings is 1. The maximum atomic E-state index is 4.27. The van der Waals surface area contributed by atoms with Crippen LogP contribution in [0.5, 0.6) is 0 Å². The molecular formula is C10H14IN3. The Morgan fingerprint density at radius 2 is 2.14 bits per heavy atom. The van der Waals surface area contributed by atoms with E-state index < -0.39 is 0 Å². The highest BCUT2D eigenvalue weighted by Crippen LogP contribution is 2.16. The highest BCUT2D eigenvalue weighted by atomic mass is 127. The topological polar surface area (TPSA) is 28.2 Å². The lowest BCUT2D eigenvalue weighted by molar-refractivity contribution is 0.382. The smallest absolute Gasteiger partial charge is 0.126 e. The second-order valence-corrected chi connectivity index (χ2v) is 4.91. The molecule has 0 radical (unpaired) electrons. The van der Waals surface area contributed by atoms with Gasteiger partial charge in [-0.3, -0.25) is 0 Å². The van der Waals surface area contributed by atoms with Gasteiger partial charge >= 0.3 is 0 Å². The molecule has 0 aromatic carbocycles. The highest BCUT2D eigenvalue weighted by molar-refractivity contribution is 14.1. The Hall–Kier alpha value is -0.360. The molecule has 0 bridgehead atoms. The zero-order valence-electron chi connectivity index (χ0n) is 7.99. The Morgan fingerprint density at radius 1 is 1.36 bits per heavy atom. The van der Waals surface area contributed by atoms with Crippen LogP contribution in [0.25, 0.3) is 0 Å². The maximum absolute atomic E-state index is 4.27. The molecule has 1 saturated heterocycles. The first kappa shape index (κ1) is 10.2. The zero-order chi connectivity index (χ0) is 9.80. The molecule has 0 unspecified atom stereocenters. The lowest BCUT2D eigenvalue weighted by Gasteiger charge is -2.28. The SMILES string of the molecule is IN1CCC(Nc2ccccn2)CC1. The van der Waals surface area contributed by atoms with Crippen molar-refractivity contribution >= 4 is 28.7 Å². The minimum Gasteiger partial charge on any atom is -0.367 e. The monoisotopic (exact) mass is 303 g/mol. The Bertz CT molecular complexity index is 270. The van der Waals surface area contributed by atoms with Crippen LogP contribution < -0.4 is 5.32 Å². The average molecular weight is 303 g/mol. The number of nitrogens with one attached hydrogen (secondary N) is 1. The van der Waals surface area contributed by atoms with Crippen LogP contribution in [-0.2, 0) is 0 Å². The highest BCUT2D eigenvalue weighted by Gasteiger charge is 2.16. The first-order chi connectivity index (χ1) is 6.84. The van der Waals surface area contributed by atoms with Crippen LogP contribution in [0, 0.1) is 0 Å². The van der Waals surface area contributed by atoms with E-state index in [2.05, 4.69) is 36.3 Å². The molecule has 0 amide bonds. The number of anilines is 1. The van der Waals surface area contributed by atoms with Gasteiger partial charge in [-0.2, -0.15) is 0 Å². The van der Waals surface area contributed by atoms with Crippen molar-refractivity contribution in [2.45, 2.75) is 18.9 Å². The van der Waals surface area contributed by atoms with Crippen LogP contribution in [-0.4, -0.2) is 27.2 Å². The van der Waals surface area contributed by atoms with Gasteiger partial charge < -0.3 is 5.32 Å². The second kappa shape index (κ2) is 4.93. The van der Waals surface area contributed by atoms with Gasteiger partial charge in [-0.15, -0.1) is 0 Å². The predicted octanol–water partition coefficient (Wildman–Crippen LogP) is 2.31. The van der Waals surface area contributed by atoms with Crippen molar-refractivity contribution in [2.75, 3.05) is 18.4 Å². The molecule has 0 aliphatic carbocycles. The van der Waals surface area contributed by atoms with Crippen LogP contribution in [0.1, 0.15) is 12.8 Å². The normalized spacial score (nSPS) is 19.5. The van der Waals surface area contributed by atoms with E-state index in [1.807, 2.05) is 24.4 Å². The Labute approximate surface area is 98.4 Å². The minimum atomic E-state index is 0.593. The number of aromatic nitrogens is 1. The van der Waals surface area contributed by atoms with Gasteiger partial charge in [0.2, 0.25) is 0 Å². The van der Waals surface area contributed by atoms with Crippen LogP contribution in [0.15, 0.2) is 24.4 Å². The van der Waals surface area contributed by atoms with E-state index in [1.165, 1.54) is 25.9 Å². The number of piperidine rings is 1. The van der Waals surface area contributed by atoms with Gasteiger partial charge in [0, 0.05) is 48.2 Å². The molecule has 1 aliphatic rings. The van der Waals surface area contributed by atoms with Crippen LogP contribution in [0.2, 0.25) is 0 Å². The number of hydrogen-bond acceptors (Lipinski definition) is 3. The Balaban J connectivity index is 1.87. The summed E-state index contributed by atoms with van der Waals surface area (Å²) in [4.78, 5) is 4.27. The molecule has 0 atom stereocenters. The van der Waals surface area contributed by atoms with Crippen molar-refractivity contribution in [3.8, 4) is 0 Å². The summed E-state index contributed by atoms with van der Waals surface area (Å²) < 4.78 is 2.34. The molecule has 1 aromatic heterocycles. The lowest BCUT2D eigenvalue weighted by atomic mass is 10.1. The zero-order valence-corrected chi connectivity index (χ0v) is 10.1. The minimum absolute atomic E-state index is 0.593. The van der Waals surface area contributed by atoms with Crippen molar-refractivity contribution < 1.29 is 0 Å². The van der Waals surface area contributed by atoms with E-state index in [9.17, 15) is 0 Å². The summed E-state index contributed by atoms with van der Waals surface area (Å²) in [7, 11) is 0. The molecule has 1 N–H and O–H groups in total. The van der Waals surface area contributed by atoms with Crippen molar-refractivity contribution in [2.24, 2.45) is 0 Å². The fourth-order valence-electron chi connectivity index (χ4n) is 1.65. The maximum Gasteiger partial charge on any atom is 0.126 e. The molecule has 1 aliphatic heterocycles. The van der Waals surface area contributed by atoms with E-state index in [1.54, 1.807) is 0 Å². The molecule has 1 aromatic rings. The van der Waals surface area contributed by atoms with E-state index in [0.29, 0.717) is 6.04 Å².